The minimum atomic E-state index is -4.26. The molecule has 9 nitrogen and oxygen atoms in total. The molecule has 1 aliphatic heterocycles. The second-order valence-electron chi connectivity index (χ2n) is 8.28. The van der Waals surface area contributed by atoms with Gasteiger partial charge in [-0.15, -0.1) is 0 Å². The molecule has 0 bridgehead atoms. The molecule has 0 radical (unpaired) electrons. The molecule has 14 heteroatoms. The molecule has 0 atom stereocenters. The number of hydrogen-bond acceptors (Lipinski definition) is 8. The highest BCUT2D eigenvalue weighted by Crippen LogP contribution is 2.39. The maximum absolute atomic E-state index is 13.4. The normalized spacial score (nSPS) is 14.5. The summed E-state index contributed by atoms with van der Waals surface area (Å²) in [5.41, 5.74) is 1.29. The monoisotopic (exact) mass is 716 g/mol. The van der Waals surface area contributed by atoms with Crippen molar-refractivity contribution in [2.75, 3.05) is 12.4 Å². The molecule has 4 rings (SSSR count). The van der Waals surface area contributed by atoms with Gasteiger partial charge in [0.2, 0.25) is 5.91 Å². The highest BCUT2D eigenvalue weighted by Gasteiger charge is 2.35. The van der Waals surface area contributed by atoms with Gasteiger partial charge < -0.3 is 14.2 Å². The topological polar surface area (TPSA) is 119 Å². The number of ether oxygens (including phenoxy) is 1. The van der Waals surface area contributed by atoms with Crippen LogP contribution in [0, 0.1) is 9.39 Å². The zero-order valence-electron chi connectivity index (χ0n) is 20.7. The van der Waals surface area contributed by atoms with Crippen LogP contribution in [-0.2, 0) is 26.3 Å². The van der Waals surface area contributed by atoms with E-state index in [4.69, 9.17) is 20.5 Å². The van der Waals surface area contributed by atoms with Crippen molar-refractivity contribution in [3.05, 3.63) is 85.0 Å². The Kier molecular flexibility index (Phi) is 9.07. The van der Waals surface area contributed by atoms with E-state index >= 15 is 0 Å². The Labute approximate surface area is 251 Å². The molecule has 1 saturated heterocycles. The van der Waals surface area contributed by atoms with Crippen LogP contribution in [0.15, 0.2) is 64.4 Å². The Morgan fingerprint density at radius 2 is 1.85 bits per heavy atom. The lowest BCUT2D eigenvalue weighted by Gasteiger charge is -2.14. The molecule has 208 valence electrons. The van der Waals surface area contributed by atoms with Gasteiger partial charge in [0.1, 0.15) is 10.7 Å². The smallest absolute Gasteiger partial charge is 0.339 e. The van der Waals surface area contributed by atoms with E-state index in [9.17, 15) is 27.2 Å². The summed E-state index contributed by atoms with van der Waals surface area (Å²) in [7, 11) is -2.93. The number of hydrogen-bond donors (Lipinski definition) is 1. The van der Waals surface area contributed by atoms with Crippen molar-refractivity contribution in [2.24, 2.45) is 0 Å². The van der Waals surface area contributed by atoms with Crippen molar-refractivity contribution in [3.8, 4) is 11.5 Å². The lowest BCUT2D eigenvalue weighted by Crippen LogP contribution is -2.27. The first kappa shape index (κ1) is 29.8. The van der Waals surface area contributed by atoms with E-state index in [1.807, 2.05) is 22.6 Å². The summed E-state index contributed by atoms with van der Waals surface area (Å²) in [5, 5.41) is 2.13. The number of imide groups is 1. The summed E-state index contributed by atoms with van der Waals surface area (Å²) in [6, 6.07) is 12.2. The predicted molar refractivity (Wildman–Crippen MR) is 157 cm³/mol. The van der Waals surface area contributed by atoms with Crippen LogP contribution in [0.25, 0.3) is 6.08 Å². The van der Waals surface area contributed by atoms with E-state index in [-0.39, 0.29) is 38.8 Å². The maximum Gasteiger partial charge on any atom is 0.339 e. The SMILES string of the molecule is COc1cc(/C=C2\SC(=O)N(Cc3ccc(F)cc3Cl)C2=O)cc(I)c1OS(=O)(=O)c1ccc(NC(C)=O)cc1. The Morgan fingerprint density at radius 3 is 2.48 bits per heavy atom. The first-order valence-electron chi connectivity index (χ1n) is 11.3. The zero-order chi connectivity index (χ0) is 29.2. The zero-order valence-corrected chi connectivity index (χ0v) is 25.3. The number of halogens is 3. The fourth-order valence-electron chi connectivity index (χ4n) is 3.58. The minimum absolute atomic E-state index is 0.0646. The van der Waals surface area contributed by atoms with Crippen molar-refractivity contribution < 1.29 is 36.1 Å². The molecule has 3 aromatic rings. The van der Waals surface area contributed by atoms with Gasteiger partial charge in [0.25, 0.3) is 11.1 Å². The van der Waals surface area contributed by atoms with Crippen molar-refractivity contribution in [3.63, 3.8) is 0 Å². The van der Waals surface area contributed by atoms with E-state index in [1.165, 1.54) is 62.6 Å². The minimum Gasteiger partial charge on any atom is -0.493 e. The van der Waals surface area contributed by atoms with Gasteiger partial charge in [-0.2, -0.15) is 8.42 Å². The van der Waals surface area contributed by atoms with E-state index < -0.39 is 27.1 Å². The highest BCUT2D eigenvalue weighted by molar-refractivity contribution is 14.1. The first-order chi connectivity index (χ1) is 18.9. The van der Waals surface area contributed by atoms with Crippen LogP contribution < -0.4 is 14.2 Å². The summed E-state index contributed by atoms with van der Waals surface area (Å²) in [4.78, 5) is 37.7. The molecule has 0 unspecified atom stereocenters. The molecule has 40 heavy (non-hydrogen) atoms. The highest BCUT2D eigenvalue weighted by atomic mass is 127. The molecule has 3 amide bonds. The van der Waals surface area contributed by atoms with Gasteiger partial charge in [0, 0.05) is 17.6 Å². The number of benzene rings is 3. The van der Waals surface area contributed by atoms with Crippen LogP contribution in [0.5, 0.6) is 11.5 Å². The van der Waals surface area contributed by atoms with Gasteiger partial charge >= 0.3 is 10.1 Å². The Bertz CT molecular complexity index is 1660. The van der Waals surface area contributed by atoms with Crippen molar-refractivity contribution >= 4 is 84.9 Å². The van der Waals surface area contributed by atoms with E-state index in [0.29, 0.717) is 20.4 Å². The summed E-state index contributed by atoms with van der Waals surface area (Å²) in [6.45, 7) is 1.21. The molecule has 0 aromatic heterocycles. The molecule has 0 aliphatic carbocycles. The molecule has 3 aromatic carbocycles. The number of nitrogens with zero attached hydrogens (tertiary/aromatic N) is 1. The molecule has 0 saturated carbocycles. The maximum atomic E-state index is 13.4. The average Bonchev–Trinajstić information content (AvgIpc) is 3.14. The quantitative estimate of drug-likeness (QED) is 0.170. The molecule has 0 spiro atoms. The predicted octanol–water partition coefficient (Wildman–Crippen LogP) is 6.05. The number of amides is 3. The van der Waals surface area contributed by atoms with Gasteiger partial charge in [-0.1, -0.05) is 17.7 Å². The van der Waals surface area contributed by atoms with Crippen molar-refractivity contribution in [1.29, 1.82) is 0 Å². The second-order valence-corrected chi connectivity index (χ2v) is 12.4. The second kappa shape index (κ2) is 12.2. The number of methoxy groups -OCH3 is 1. The lowest BCUT2D eigenvalue weighted by atomic mass is 10.1. The fraction of sp³-hybridized carbons (Fsp3) is 0.115. The molecule has 1 N–H and O–H groups in total. The van der Waals surface area contributed by atoms with Crippen LogP contribution >= 0.6 is 46.0 Å². The summed E-state index contributed by atoms with van der Waals surface area (Å²) >= 11 is 8.65. The molecule has 1 aliphatic rings. The largest absolute Gasteiger partial charge is 0.493 e. The standard InChI is InChI=1S/C26H19ClFIN2O7S2/c1-14(32)30-18-5-7-19(8-6-18)40(35,36)38-24-21(29)9-15(10-22(24)37-2)11-23-25(33)31(26(34)39-23)13-16-3-4-17(28)12-20(16)27/h3-12H,13H2,1-2H3,(H,30,32)/b23-11-. The van der Waals surface area contributed by atoms with Gasteiger partial charge in [0.05, 0.1) is 22.1 Å². The van der Waals surface area contributed by atoms with Crippen LogP contribution in [0.3, 0.4) is 0 Å². The number of nitrogens with one attached hydrogen (secondary N) is 1. The number of rotatable bonds is 8. The van der Waals surface area contributed by atoms with E-state index in [2.05, 4.69) is 5.32 Å². The molecule has 1 fully saturated rings. The van der Waals surface area contributed by atoms with Crippen molar-refractivity contribution in [1.82, 2.24) is 4.90 Å². The van der Waals surface area contributed by atoms with Crippen LogP contribution in [0.4, 0.5) is 14.9 Å². The lowest BCUT2D eigenvalue weighted by molar-refractivity contribution is -0.123. The first-order valence-corrected chi connectivity index (χ1v) is 14.9. The van der Waals surface area contributed by atoms with Gasteiger partial charge in [-0.05, 0) is 100 Å². The third-order valence-corrected chi connectivity index (χ3v) is 8.72. The van der Waals surface area contributed by atoms with Gasteiger partial charge in [-0.25, -0.2) is 4.39 Å². The fourth-order valence-corrected chi connectivity index (χ4v) is 6.49. The molecular weight excluding hydrogens is 698 g/mol. The van der Waals surface area contributed by atoms with Crippen molar-refractivity contribution in [2.45, 2.75) is 18.4 Å². The molecule has 1 heterocycles. The Hall–Kier alpha value is -3.14. The van der Waals surface area contributed by atoms with Gasteiger partial charge in [0.15, 0.2) is 11.5 Å². The number of anilines is 1. The summed E-state index contributed by atoms with van der Waals surface area (Å²) < 4.78 is 50.3. The number of thioether (sulfide) groups is 1. The Morgan fingerprint density at radius 1 is 1.15 bits per heavy atom. The summed E-state index contributed by atoms with van der Waals surface area (Å²) in [5.74, 6) is -1.38. The summed E-state index contributed by atoms with van der Waals surface area (Å²) in [6.07, 6.45) is 1.47. The third kappa shape index (κ3) is 6.77. The van der Waals surface area contributed by atoms with Crippen LogP contribution in [-0.4, -0.2) is 37.5 Å². The van der Waals surface area contributed by atoms with Crippen LogP contribution in [0.2, 0.25) is 5.02 Å². The van der Waals surface area contributed by atoms with Gasteiger partial charge in [-0.3, -0.25) is 19.3 Å². The average molecular weight is 717 g/mol. The molecular formula is C26H19ClFIN2O7S2. The Balaban J connectivity index is 1.57. The van der Waals surface area contributed by atoms with E-state index in [0.717, 1.165) is 22.7 Å². The third-order valence-electron chi connectivity index (χ3n) is 5.42. The number of carbonyl (C=O) groups is 3. The van der Waals surface area contributed by atoms with Crippen LogP contribution in [0.1, 0.15) is 18.1 Å². The van der Waals surface area contributed by atoms with E-state index in [1.54, 1.807) is 6.07 Å². The number of carbonyl (C=O) groups excluding carboxylic acids is 3.